The first kappa shape index (κ1) is 19.7. The van der Waals surface area contributed by atoms with Gasteiger partial charge in [-0.05, 0) is 62.3 Å². The van der Waals surface area contributed by atoms with Gasteiger partial charge in [0.05, 0.1) is 0 Å². The molecule has 3 fully saturated rings. The van der Waals surface area contributed by atoms with E-state index in [1.54, 1.807) is 0 Å². The van der Waals surface area contributed by atoms with Crippen LogP contribution in [0.5, 0.6) is 0 Å². The third kappa shape index (κ3) is 4.99. The molecule has 0 radical (unpaired) electrons. The van der Waals surface area contributed by atoms with E-state index >= 15 is 0 Å². The van der Waals surface area contributed by atoms with Crippen molar-refractivity contribution in [3.63, 3.8) is 0 Å². The number of ether oxygens (including phenoxy) is 1. The summed E-state index contributed by atoms with van der Waals surface area (Å²) in [7, 11) is 0. The van der Waals surface area contributed by atoms with Gasteiger partial charge in [0.2, 0.25) is 0 Å². The van der Waals surface area contributed by atoms with Gasteiger partial charge in [0.15, 0.2) is 0 Å². The Morgan fingerprint density at radius 1 is 1.12 bits per heavy atom. The van der Waals surface area contributed by atoms with Crippen molar-refractivity contribution >= 4 is 18.3 Å². The number of carbonyl (C=O) groups excluding carboxylic acids is 1. The van der Waals surface area contributed by atoms with Crippen LogP contribution in [0.3, 0.4) is 0 Å². The lowest BCUT2D eigenvalue weighted by Crippen LogP contribution is -2.32. The highest BCUT2D eigenvalue weighted by atomic mass is 35.5. The zero-order chi connectivity index (χ0) is 17.1. The summed E-state index contributed by atoms with van der Waals surface area (Å²) in [5.41, 5.74) is 2.13. The van der Waals surface area contributed by atoms with E-state index in [1.807, 2.05) is 12.1 Å². The molecule has 2 atom stereocenters. The van der Waals surface area contributed by atoms with Crippen LogP contribution in [0.25, 0.3) is 0 Å². The fraction of sp³-hybridized carbons (Fsp3) is 0.667. The van der Waals surface area contributed by atoms with Crippen LogP contribution in [-0.2, 0) is 4.74 Å². The molecule has 0 unspecified atom stereocenters. The van der Waals surface area contributed by atoms with Gasteiger partial charge in [0.1, 0.15) is 0 Å². The fourth-order valence-corrected chi connectivity index (χ4v) is 4.31. The molecule has 26 heavy (non-hydrogen) atoms. The van der Waals surface area contributed by atoms with Gasteiger partial charge in [0.25, 0.3) is 5.91 Å². The molecule has 1 aliphatic heterocycles. The lowest BCUT2D eigenvalue weighted by molar-refractivity contribution is 0.0662. The van der Waals surface area contributed by atoms with Crippen LogP contribution in [0.1, 0.15) is 66.8 Å². The molecule has 4 nitrogen and oxygen atoms in total. The molecule has 1 amide bonds. The van der Waals surface area contributed by atoms with Gasteiger partial charge in [-0.15, -0.1) is 12.4 Å². The monoisotopic (exact) mass is 378 g/mol. The second kappa shape index (κ2) is 9.20. The van der Waals surface area contributed by atoms with Crippen molar-refractivity contribution in [3.05, 3.63) is 35.4 Å². The average Bonchev–Trinajstić information content (AvgIpc) is 3.26. The van der Waals surface area contributed by atoms with Crippen molar-refractivity contribution in [2.75, 3.05) is 19.8 Å². The van der Waals surface area contributed by atoms with E-state index in [2.05, 4.69) is 22.8 Å². The van der Waals surface area contributed by atoms with Gasteiger partial charge in [-0.25, -0.2) is 0 Å². The molecule has 1 aromatic carbocycles. The molecule has 1 saturated heterocycles. The molecule has 0 bridgehead atoms. The maximum atomic E-state index is 12.5. The quantitative estimate of drug-likeness (QED) is 0.794. The number of carbonyl (C=O) groups is 1. The summed E-state index contributed by atoms with van der Waals surface area (Å²) in [6.07, 6.45) is 8.30. The zero-order valence-electron chi connectivity index (χ0n) is 15.4. The molecule has 2 aliphatic carbocycles. The van der Waals surface area contributed by atoms with Crippen molar-refractivity contribution in [2.24, 2.45) is 5.92 Å². The Bertz CT molecular complexity index is 597. The topological polar surface area (TPSA) is 50.4 Å². The zero-order valence-corrected chi connectivity index (χ0v) is 16.2. The van der Waals surface area contributed by atoms with E-state index in [9.17, 15) is 4.79 Å². The summed E-state index contributed by atoms with van der Waals surface area (Å²) in [5.74, 6) is 1.43. The van der Waals surface area contributed by atoms with E-state index in [4.69, 9.17) is 4.74 Å². The minimum Gasteiger partial charge on any atom is -0.381 e. The van der Waals surface area contributed by atoms with E-state index in [1.165, 1.54) is 37.7 Å². The van der Waals surface area contributed by atoms with Crippen molar-refractivity contribution in [1.82, 2.24) is 10.6 Å². The van der Waals surface area contributed by atoms with Gasteiger partial charge in [-0.3, -0.25) is 4.79 Å². The Morgan fingerprint density at radius 3 is 2.65 bits per heavy atom. The highest BCUT2D eigenvalue weighted by Crippen LogP contribution is 2.41. The first-order valence-corrected chi connectivity index (χ1v) is 10.0. The van der Waals surface area contributed by atoms with E-state index in [0.717, 1.165) is 44.1 Å². The van der Waals surface area contributed by atoms with Crippen molar-refractivity contribution < 1.29 is 9.53 Å². The Morgan fingerprint density at radius 2 is 1.88 bits per heavy atom. The third-order valence-corrected chi connectivity index (χ3v) is 6.07. The molecule has 1 aromatic rings. The smallest absolute Gasteiger partial charge is 0.251 e. The lowest BCUT2D eigenvalue weighted by Gasteiger charge is -2.22. The molecule has 2 saturated carbocycles. The van der Waals surface area contributed by atoms with Crippen LogP contribution < -0.4 is 10.6 Å². The van der Waals surface area contributed by atoms with Crippen molar-refractivity contribution in [3.8, 4) is 0 Å². The SMILES string of the molecule is Cl.O=C(NC1CCCC1)c1cccc([C@@H]2C[C@H]2NCC2CCOCC2)c1. The lowest BCUT2D eigenvalue weighted by atomic mass is 10.0. The van der Waals surface area contributed by atoms with Crippen LogP contribution in [0, 0.1) is 5.92 Å². The number of benzene rings is 1. The molecule has 4 rings (SSSR count). The highest BCUT2D eigenvalue weighted by molar-refractivity contribution is 5.94. The Balaban J connectivity index is 0.00000196. The summed E-state index contributed by atoms with van der Waals surface area (Å²) in [6.45, 7) is 2.93. The summed E-state index contributed by atoms with van der Waals surface area (Å²) in [5, 5.41) is 6.92. The highest BCUT2D eigenvalue weighted by Gasteiger charge is 2.38. The van der Waals surface area contributed by atoms with Crippen LogP contribution >= 0.6 is 12.4 Å². The Kier molecular flexibility index (Phi) is 6.96. The standard InChI is InChI=1S/C21H30N2O2.ClH/c24-21(23-18-6-1-2-7-18)17-5-3-4-16(12-17)19-13-20(19)22-14-15-8-10-25-11-9-15;/h3-5,12,15,18-20,22H,1-2,6-11,13-14H2,(H,23,24);1H/t19-,20+;/m0./s1. The predicted molar refractivity (Wildman–Crippen MR) is 106 cm³/mol. The maximum absolute atomic E-state index is 12.5. The molecule has 2 N–H and O–H groups in total. The van der Waals surface area contributed by atoms with Gasteiger partial charge in [0, 0.05) is 36.8 Å². The van der Waals surface area contributed by atoms with Crippen LogP contribution in [0.2, 0.25) is 0 Å². The summed E-state index contributed by atoms with van der Waals surface area (Å²) in [6, 6.07) is 9.22. The number of hydrogen-bond acceptors (Lipinski definition) is 3. The van der Waals surface area contributed by atoms with E-state index < -0.39 is 0 Å². The van der Waals surface area contributed by atoms with Crippen molar-refractivity contribution in [1.29, 1.82) is 0 Å². The minimum atomic E-state index is 0. The van der Waals surface area contributed by atoms with Crippen molar-refractivity contribution in [2.45, 2.75) is 62.9 Å². The number of halogens is 1. The number of rotatable bonds is 6. The third-order valence-electron chi connectivity index (χ3n) is 6.07. The van der Waals surface area contributed by atoms with Crippen LogP contribution in [-0.4, -0.2) is 37.7 Å². The Labute approximate surface area is 162 Å². The number of nitrogens with one attached hydrogen (secondary N) is 2. The van der Waals surface area contributed by atoms with Crippen LogP contribution in [0.15, 0.2) is 24.3 Å². The van der Waals surface area contributed by atoms with Gasteiger partial charge >= 0.3 is 0 Å². The van der Waals surface area contributed by atoms with E-state index in [0.29, 0.717) is 18.0 Å². The second-order valence-electron chi connectivity index (χ2n) is 7.99. The molecule has 3 aliphatic rings. The number of hydrogen-bond donors (Lipinski definition) is 2. The molecule has 144 valence electrons. The molecule has 1 heterocycles. The second-order valence-corrected chi connectivity index (χ2v) is 7.99. The molecule has 5 heteroatoms. The van der Waals surface area contributed by atoms with Gasteiger partial charge in [-0.2, -0.15) is 0 Å². The summed E-state index contributed by atoms with van der Waals surface area (Å²) in [4.78, 5) is 12.5. The first-order chi connectivity index (χ1) is 12.3. The summed E-state index contributed by atoms with van der Waals surface area (Å²) >= 11 is 0. The molecule has 0 spiro atoms. The normalized spacial score (nSPS) is 26.3. The molecule has 0 aromatic heterocycles. The van der Waals surface area contributed by atoms with Gasteiger partial charge in [-0.1, -0.05) is 25.0 Å². The maximum Gasteiger partial charge on any atom is 0.251 e. The molecular formula is C21H31ClN2O2. The van der Waals surface area contributed by atoms with E-state index in [-0.39, 0.29) is 18.3 Å². The first-order valence-electron chi connectivity index (χ1n) is 10.0. The Hall–Kier alpha value is -1.10. The number of amides is 1. The minimum absolute atomic E-state index is 0. The average molecular weight is 379 g/mol. The largest absolute Gasteiger partial charge is 0.381 e. The van der Waals surface area contributed by atoms with Crippen LogP contribution in [0.4, 0.5) is 0 Å². The summed E-state index contributed by atoms with van der Waals surface area (Å²) < 4.78 is 5.43. The van der Waals surface area contributed by atoms with Gasteiger partial charge < -0.3 is 15.4 Å². The predicted octanol–water partition coefficient (Wildman–Crippen LogP) is 3.65. The molecular weight excluding hydrogens is 348 g/mol. The fourth-order valence-electron chi connectivity index (χ4n) is 4.31.